The number of hydrogen-bond donors (Lipinski definition) is 0. The minimum Gasteiger partial charge on any atom is -0.463 e. The van der Waals surface area contributed by atoms with E-state index in [2.05, 4.69) is 13.8 Å². The van der Waals surface area contributed by atoms with E-state index >= 15 is 0 Å². The molecular weight excluding hydrogens is 380 g/mol. The average Bonchev–Trinajstić information content (AvgIpc) is 3.29. The SMILES string of the molecule is CC(=O)O[C@H]1CC[C@@]2(C)[C@@H](CC[C@H]3[C@H]2CC2(OCCO2)[C@]2(C)[C@H](C(C)=O)CC[C@@H]32)C1. The fourth-order valence-corrected chi connectivity index (χ4v) is 9.04. The van der Waals surface area contributed by atoms with Crippen LogP contribution in [0.15, 0.2) is 0 Å². The zero-order valence-corrected chi connectivity index (χ0v) is 19.1. The van der Waals surface area contributed by atoms with Gasteiger partial charge in [-0.3, -0.25) is 9.59 Å². The van der Waals surface area contributed by atoms with Crippen LogP contribution in [0.25, 0.3) is 0 Å². The van der Waals surface area contributed by atoms with Gasteiger partial charge >= 0.3 is 5.97 Å². The molecular formula is C25H38O5. The average molecular weight is 419 g/mol. The van der Waals surface area contributed by atoms with E-state index in [0.29, 0.717) is 42.7 Å². The molecule has 5 heteroatoms. The van der Waals surface area contributed by atoms with E-state index in [4.69, 9.17) is 14.2 Å². The van der Waals surface area contributed by atoms with Crippen molar-refractivity contribution in [1.29, 1.82) is 0 Å². The Morgan fingerprint density at radius 2 is 1.67 bits per heavy atom. The fraction of sp³-hybridized carbons (Fsp3) is 0.920. The molecule has 168 valence electrons. The number of rotatable bonds is 2. The molecule has 1 aliphatic heterocycles. The molecule has 0 aromatic carbocycles. The largest absolute Gasteiger partial charge is 0.463 e. The van der Waals surface area contributed by atoms with Gasteiger partial charge in [0, 0.05) is 24.7 Å². The maximum atomic E-state index is 12.7. The van der Waals surface area contributed by atoms with E-state index in [1.807, 2.05) is 0 Å². The molecule has 8 atom stereocenters. The number of Topliss-reactive ketones (excluding diaryl/α,β-unsaturated/α-hetero) is 1. The summed E-state index contributed by atoms with van der Waals surface area (Å²) in [4.78, 5) is 24.2. The second-order valence-corrected chi connectivity index (χ2v) is 11.3. The van der Waals surface area contributed by atoms with E-state index in [0.717, 1.165) is 38.5 Å². The van der Waals surface area contributed by atoms with Gasteiger partial charge in [0.2, 0.25) is 0 Å². The van der Waals surface area contributed by atoms with Gasteiger partial charge in [0.25, 0.3) is 0 Å². The van der Waals surface area contributed by atoms with E-state index in [9.17, 15) is 9.59 Å². The number of ketones is 1. The molecule has 0 N–H and O–H groups in total. The van der Waals surface area contributed by atoms with Crippen LogP contribution in [0, 0.1) is 40.4 Å². The summed E-state index contributed by atoms with van der Waals surface area (Å²) in [7, 11) is 0. The molecule has 1 spiro atoms. The first-order chi connectivity index (χ1) is 14.2. The summed E-state index contributed by atoms with van der Waals surface area (Å²) in [5, 5.41) is 0. The Balaban J connectivity index is 1.48. The van der Waals surface area contributed by atoms with Gasteiger partial charge < -0.3 is 14.2 Å². The summed E-state index contributed by atoms with van der Waals surface area (Å²) in [5.74, 6) is 1.87. The molecule has 0 bridgehead atoms. The summed E-state index contributed by atoms with van der Waals surface area (Å²) in [6.07, 6.45) is 8.57. The van der Waals surface area contributed by atoms with Crippen molar-refractivity contribution in [1.82, 2.24) is 0 Å². The molecule has 0 radical (unpaired) electrons. The van der Waals surface area contributed by atoms with Crippen LogP contribution < -0.4 is 0 Å². The van der Waals surface area contributed by atoms with Gasteiger partial charge in [0.15, 0.2) is 5.79 Å². The second-order valence-electron chi connectivity index (χ2n) is 11.3. The number of carbonyl (C=O) groups excluding carboxylic acids is 2. The summed E-state index contributed by atoms with van der Waals surface area (Å²) in [6.45, 7) is 9.36. The lowest BCUT2D eigenvalue weighted by Gasteiger charge is -2.64. The van der Waals surface area contributed by atoms with Crippen molar-refractivity contribution in [3.8, 4) is 0 Å². The van der Waals surface area contributed by atoms with Crippen molar-refractivity contribution in [2.45, 2.75) is 91.0 Å². The maximum Gasteiger partial charge on any atom is 0.302 e. The van der Waals surface area contributed by atoms with Gasteiger partial charge in [-0.2, -0.15) is 0 Å². The summed E-state index contributed by atoms with van der Waals surface area (Å²) in [5.41, 5.74) is 0.0200. The van der Waals surface area contributed by atoms with E-state index in [1.165, 1.54) is 19.8 Å². The summed E-state index contributed by atoms with van der Waals surface area (Å²) in [6, 6.07) is 0. The van der Waals surface area contributed by atoms with Crippen LogP contribution in [-0.4, -0.2) is 36.9 Å². The highest BCUT2D eigenvalue weighted by Gasteiger charge is 2.71. The molecule has 5 fully saturated rings. The van der Waals surface area contributed by atoms with Crippen LogP contribution in [0.1, 0.15) is 79.1 Å². The van der Waals surface area contributed by atoms with E-state index in [1.54, 1.807) is 6.92 Å². The Morgan fingerprint density at radius 3 is 2.33 bits per heavy atom. The Hall–Kier alpha value is -0.940. The van der Waals surface area contributed by atoms with Gasteiger partial charge in [-0.25, -0.2) is 0 Å². The molecule has 5 nitrogen and oxygen atoms in total. The normalized spacial score (nSPS) is 49.2. The third kappa shape index (κ3) is 2.73. The predicted octanol–water partition coefficient (Wildman–Crippen LogP) is 4.52. The zero-order chi connectivity index (χ0) is 21.3. The number of ether oxygens (including phenoxy) is 3. The quantitative estimate of drug-likeness (QED) is 0.617. The lowest BCUT2D eigenvalue weighted by atomic mass is 9.43. The monoisotopic (exact) mass is 418 g/mol. The van der Waals surface area contributed by atoms with E-state index < -0.39 is 5.79 Å². The zero-order valence-electron chi connectivity index (χ0n) is 19.1. The highest BCUT2D eigenvalue weighted by atomic mass is 16.7. The molecule has 5 aliphatic rings. The molecule has 4 aliphatic carbocycles. The van der Waals surface area contributed by atoms with Crippen LogP contribution >= 0.6 is 0 Å². The highest BCUT2D eigenvalue weighted by Crippen LogP contribution is 2.71. The lowest BCUT2D eigenvalue weighted by Crippen LogP contribution is -2.65. The van der Waals surface area contributed by atoms with Gasteiger partial charge in [-0.15, -0.1) is 0 Å². The van der Waals surface area contributed by atoms with Crippen molar-refractivity contribution < 1.29 is 23.8 Å². The molecule has 5 rings (SSSR count). The molecule has 1 saturated heterocycles. The number of hydrogen-bond acceptors (Lipinski definition) is 5. The molecule has 4 saturated carbocycles. The van der Waals surface area contributed by atoms with Gasteiger partial charge in [0.1, 0.15) is 11.9 Å². The summed E-state index contributed by atoms with van der Waals surface area (Å²) < 4.78 is 18.6. The Labute approximate surface area is 180 Å². The smallest absolute Gasteiger partial charge is 0.302 e. The molecule has 0 unspecified atom stereocenters. The Morgan fingerprint density at radius 1 is 0.933 bits per heavy atom. The molecule has 1 heterocycles. The third-order valence-corrected chi connectivity index (χ3v) is 10.4. The van der Waals surface area contributed by atoms with Crippen molar-refractivity contribution >= 4 is 11.8 Å². The van der Waals surface area contributed by atoms with Crippen LogP contribution in [0.2, 0.25) is 0 Å². The summed E-state index contributed by atoms with van der Waals surface area (Å²) >= 11 is 0. The van der Waals surface area contributed by atoms with E-state index in [-0.39, 0.29) is 28.8 Å². The van der Waals surface area contributed by atoms with Crippen molar-refractivity contribution in [3.63, 3.8) is 0 Å². The number of esters is 1. The minimum atomic E-state index is -0.608. The van der Waals surface area contributed by atoms with Crippen molar-refractivity contribution in [3.05, 3.63) is 0 Å². The first kappa shape index (κ1) is 20.9. The van der Waals surface area contributed by atoms with Crippen LogP contribution in [0.3, 0.4) is 0 Å². The second kappa shape index (κ2) is 7.03. The molecule has 0 amide bonds. The fourth-order valence-electron chi connectivity index (χ4n) is 9.04. The van der Waals surface area contributed by atoms with Crippen LogP contribution in [0.5, 0.6) is 0 Å². The molecule has 0 aromatic heterocycles. The van der Waals surface area contributed by atoms with Crippen molar-refractivity contribution in [2.75, 3.05) is 13.2 Å². The van der Waals surface area contributed by atoms with Crippen LogP contribution in [-0.2, 0) is 23.8 Å². The number of carbonyl (C=O) groups is 2. The Bertz CT molecular complexity index is 727. The lowest BCUT2D eigenvalue weighted by molar-refractivity contribution is -0.308. The van der Waals surface area contributed by atoms with Crippen LogP contribution in [0.4, 0.5) is 0 Å². The van der Waals surface area contributed by atoms with Gasteiger partial charge in [-0.1, -0.05) is 13.8 Å². The van der Waals surface area contributed by atoms with Gasteiger partial charge in [-0.05, 0) is 81.0 Å². The standard InChI is InChI=1S/C25H38O5/c1-15(26)20-7-8-21-19-6-5-17-13-18(30-16(2)27)9-10-23(17,3)22(19)14-25(24(20,21)4)28-11-12-29-25/h17-22H,5-14H2,1-4H3/t17-,18-,19+,20-,21-,22+,23-,24+/m0/s1. The first-order valence-corrected chi connectivity index (χ1v) is 12.2. The number of fused-ring (bicyclic) bond motifs is 6. The van der Waals surface area contributed by atoms with Crippen molar-refractivity contribution in [2.24, 2.45) is 40.4 Å². The highest BCUT2D eigenvalue weighted by molar-refractivity contribution is 5.80. The van der Waals surface area contributed by atoms with Gasteiger partial charge in [0.05, 0.1) is 13.2 Å². The topological polar surface area (TPSA) is 61.8 Å². The maximum absolute atomic E-state index is 12.7. The molecule has 30 heavy (non-hydrogen) atoms. The first-order valence-electron chi connectivity index (χ1n) is 12.2. The predicted molar refractivity (Wildman–Crippen MR) is 111 cm³/mol. The third-order valence-electron chi connectivity index (χ3n) is 10.4. The Kier molecular flexibility index (Phi) is 4.91. The minimum absolute atomic E-state index is 0.0479. The molecule has 0 aromatic rings.